The molecule has 3 nitrogen and oxygen atoms in total. The maximum atomic E-state index is 8.24. The van der Waals surface area contributed by atoms with Crippen molar-refractivity contribution >= 4 is 15.9 Å². The van der Waals surface area contributed by atoms with Crippen LogP contribution in [0.15, 0.2) is 0 Å². The Bertz CT molecular complexity index is 33.4. The molecule has 0 saturated heterocycles. The molecule has 0 saturated carbocycles. The van der Waals surface area contributed by atoms with Gasteiger partial charge in [0.2, 0.25) is 0 Å². The molecule has 13 heavy (non-hydrogen) atoms. The van der Waals surface area contributed by atoms with E-state index in [1.165, 1.54) is 0 Å². The second kappa shape index (κ2) is 101. The van der Waals surface area contributed by atoms with Crippen LogP contribution in [0.4, 0.5) is 0 Å². The Morgan fingerprint density at radius 1 is 0.923 bits per heavy atom. The molecule has 0 aliphatic heterocycles. The molecule has 0 aromatic heterocycles. The number of rotatable bonds is 0. The van der Waals surface area contributed by atoms with Gasteiger partial charge < -0.3 is 30.3 Å². The first-order valence-electron chi connectivity index (χ1n) is 0.716. The monoisotopic (exact) mass is 656 g/mol. The van der Waals surface area contributed by atoms with Crippen LogP contribution >= 0.6 is 9.39 Å². The zero-order valence-corrected chi connectivity index (χ0v) is 26.1. The Labute approximate surface area is 235 Å². The van der Waals surface area contributed by atoms with E-state index in [2.05, 4.69) is 0 Å². The standard InChI is InChI=1S/CHO2.2CH3.H3NP.6Y/c2-1-3;;;1-2;;;;;;/h(H,2,3);2*1H3;1H,2H2;;;;;;/q4*-1;;;;;;+3. The van der Waals surface area contributed by atoms with Crippen LogP contribution in [0.3, 0.4) is 0 Å². The van der Waals surface area contributed by atoms with Gasteiger partial charge in [0.15, 0.2) is 0 Å². The SMILES string of the molecule is O=[C-]O.[CH3-].[CH3-].[NH-]P.[Y+3].[Y].[Y].[Y].[Y].[Y]. The van der Waals surface area contributed by atoms with Gasteiger partial charge in [0.25, 0.3) is 0 Å². The summed E-state index contributed by atoms with van der Waals surface area (Å²) < 4.78 is 0. The third-order valence-electron chi connectivity index (χ3n) is 0. The molecule has 10 heteroatoms. The molecular weight excluding hydrogens is 646 g/mol. The molecule has 2 N–H and O–H groups in total. The van der Waals surface area contributed by atoms with Crippen molar-refractivity contribution in [2.45, 2.75) is 0 Å². The minimum Gasteiger partial charge on any atom is -0.665 e. The van der Waals surface area contributed by atoms with E-state index in [1.54, 1.807) is 9.39 Å². The fourth-order valence-corrected chi connectivity index (χ4v) is 0. The minimum atomic E-state index is 0. The molecule has 0 bridgehead atoms. The first kappa shape index (κ1) is 74.0. The Morgan fingerprint density at radius 2 is 0.923 bits per heavy atom. The van der Waals surface area contributed by atoms with Gasteiger partial charge in [-0.15, -0.1) is 0 Å². The third kappa shape index (κ3) is 119. The number of aliphatic hydroxyl groups excluding tert-OH is 1. The van der Waals surface area contributed by atoms with Crippen molar-refractivity contribution in [3.8, 4) is 0 Å². The summed E-state index contributed by atoms with van der Waals surface area (Å²) in [5.74, 6) is 0. The van der Waals surface area contributed by atoms with E-state index in [-0.39, 0.29) is 211 Å². The van der Waals surface area contributed by atoms with E-state index in [1.807, 2.05) is 0 Å². The molecule has 5 radical (unpaired) electrons. The summed E-state index contributed by atoms with van der Waals surface area (Å²) in [7, 11) is 1.67. The molecule has 63 valence electrons. The third-order valence-corrected chi connectivity index (χ3v) is 0. The van der Waals surface area contributed by atoms with Gasteiger partial charge in [-0.1, -0.05) is 6.47 Å². The second-order valence-electron chi connectivity index (χ2n) is 0.0913. The van der Waals surface area contributed by atoms with Gasteiger partial charge in [-0.3, -0.25) is 9.39 Å². The van der Waals surface area contributed by atoms with Crippen LogP contribution in [0.5, 0.6) is 0 Å². The average Bonchev–Trinajstić information content (AvgIpc) is 1.46. The van der Waals surface area contributed by atoms with Crippen molar-refractivity contribution in [1.29, 1.82) is 0 Å². The molecule has 1 atom stereocenters. The molecule has 0 fully saturated rings. The molecule has 0 rings (SSSR count). The Balaban J connectivity index is -0.00000000109. The fourth-order valence-electron chi connectivity index (χ4n) is 0. The molecule has 0 heterocycles. The zero-order valence-electron chi connectivity index (χ0n) is 7.90. The van der Waals surface area contributed by atoms with Crippen LogP contribution in [0.2, 0.25) is 0 Å². The van der Waals surface area contributed by atoms with Gasteiger partial charge in [-0.2, -0.15) is 0 Å². The second-order valence-corrected chi connectivity index (χ2v) is 0.0913. The summed E-state index contributed by atoms with van der Waals surface area (Å²) in [5.41, 5.74) is 5.67. The van der Waals surface area contributed by atoms with Crippen molar-refractivity contribution in [1.82, 2.24) is 0 Å². The van der Waals surface area contributed by atoms with Gasteiger partial charge in [0.05, 0.1) is 0 Å². The van der Waals surface area contributed by atoms with Crippen LogP contribution < -0.4 is 0 Å². The van der Waals surface area contributed by atoms with Crippen molar-refractivity contribution in [3.05, 3.63) is 20.4 Å². The van der Waals surface area contributed by atoms with Crippen molar-refractivity contribution < 1.29 is 206 Å². The van der Waals surface area contributed by atoms with Crippen LogP contribution in [0.25, 0.3) is 5.50 Å². The molecule has 0 spiro atoms. The van der Waals surface area contributed by atoms with Crippen molar-refractivity contribution in [2.24, 2.45) is 0 Å². The molecule has 0 aromatic carbocycles. The normalized spacial score (nSPS) is 1.38. The van der Waals surface area contributed by atoms with E-state index >= 15 is 0 Å². The predicted octanol–water partition coefficient (Wildman–Crippen LogP) is 1.33. The summed E-state index contributed by atoms with van der Waals surface area (Å²) >= 11 is 0. The number of nitrogens with one attached hydrogen (secondary N) is 1. The Kier molecular flexibility index (Phi) is 574. The number of hydrogen-bond acceptors (Lipinski definition) is 1. The summed E-state index contributed by atoms with van der Waals surface area (Å²) in [4.78, 5) is 8.24. The van der Waals surface area contributed by atoms with E-state index in [4.69, 9.17) is 15.4 Å². The van der Waals surface area contributed by atoms with Gasteiger partial charge in [-0.25, -0.2) is 0 Å². The molecule has 0 aliphatic carbocycles. The van der Waals surface area contributed by atoms with E-state index in [9.17, 15) is 0 Å². The van der Waals surface area contributed by atoms with Gasteiger partial charge >= 0.3 is 32.7 Å². The van der Waals surface area contributed by atoms with Crippen LogP contribution in [0.1, 0.15) is 0 Å². The van der Waals surface area contributed by atoms with Crippen molar-refractivity contribution in [3.63, 3.8) is 0 Å². The molecule has 0 amide bonds. The largest absolute Gasteiger partial charge is 3.00 e. The molecular formula is C3H10NO2PY6-. The maximum absolute atomic E-state index is 8.24. The van der Waals surface area contributed by atoms with Crippen LogP contribution in [-0.4, -0.2) is 11.6 Å². The topological polar surface area (TPSA) is 61.1 Å². The van der Waals surface area contributed by atoms with Crippen LogP contribution in [-0.2, 0) is 201 Å². The first-order chi connectivity index (χ1) is 2.41. The first-order valence-corrected chi connectivity index (χ1v) is 1.29. The molecule has 0 aromatic rings. The summed E-state index contributed by atoms with van der Waals surface area (Å²) in [5, 5.41) is 6.76. The van der Waals surface area contributed by atoms with Gasteiger partial charge in [0.1, 0.15) is 0 Å². The summed E-state index contributed by atoms with van der Waals surface area (Å²) in [6.07, 6.45) is 0. The van der Waals surface area contributed by atoms with E-state index in [0.717, 1.165) is 0 Å². The van der Waals surface area contributed by atoms with Crippen LogP contribution in [0, 0.1) is 14.9 Å². The van der Waals surface area contributed by atoms with E-state index in [0.29, 0.717) is 6.47 Å². The quantitative estimate of drug-likeness (QED) is 0.316. The predicted molar refractivity (Wildman–Crippen MR) is 35.2 cm³/mol. The minimum absolute atomic E-state index is 0. The zero-order chi connectivity index (χ0) is 4.71. The Morgan fingerprint density at radius 3 is 0.923 bits per heavy atom. The molecule has 1 unspecified atom stereocenters. The summed E-state index contributed by atoms with van der Waals surface area (Å²) in [6, 6.07) is 0. The summed E-state index contributed by atoms with van der Waals surface area (Å²) in [6.45, 7) is 0.500. The van der Waals surface area contributed by atoms with Gasteiger partial charge in [-0.05, 0) is 0 Å². The van der Waals surface area contributed by atoms with E-state index < -0.39 is 0 Å². The van der Waals surface area contributed by atoms with Gasteiger partial charge in [0, 0.05) is 164 Å². The average molecular weight is 657 g/mol. The fraction of sp³-hybridized carbons (Fsp3) is 0. The Hall–Kier alpha value is 6.48. The maximum Gasteiger partial charge on any atom is 3.00 e. The number of hydrogen-bond donors (Lipinski definition) is 1. The van der Waals surface area contributed by atoms with Crippen molar-refractivity contribution in [2.75, 3.05) is 0 Å². The smallest absolute Gasteiger partial charge is 0.665 e. The molecule has 0 aliphatic rings.